The first-order chi connectivity index (χ1) is 37.7. The molecule has 5 aromatic carbocycles. The number of anilines is 1. The average Bonchev–Trinajstić information content (AvgIpc) is 4.11. The summed E-state index contributed by atoms with van der Waals surface area (Å²) in [5, 5.41) is 9.52. The lowest BCUT2D eigenvalue weighted by Gasteiger charge is -2.40. The number of fused-ring (bicyclic) bond motifs is 2. The summed E-state index contributed by atoms with van der Waals surface area (Å²) in [4.78, 5) is 24.5. The number of aromatic nitrogens is 2. The van der Waals surface area contributed by atoms with Crippen LogP contribution in [0.25, 0.3) is 32.2 Å². The minimum absolute atomic E-state index is 0.263. The van der Waals surface area contributed by atoms with Gasteiger partial charge in [-0.05, 0) is 181 Å². The van der Waals surface area contributed by atoms with Crippen molar-refractivity contribution >= 4 is 55.7 Å². The van der Waals surface area contributed by atoms with Crippen molar-refractivity contribution in [3.05, 3.63) is 121 Å². The zero-order chi connectivity index (χ0) is 53.7. The maximum absolute atomic E-state index is 12.3. The molecule has 1 aliphatic heterocycles. The number of carbonyl (C=O) groups excluding carboxylic acids is 1. The van der Waals surface area contributed by atoms with Crippen molar-refractivity contribution < 1.29 is 42.4 Å². The van der Waals surface area contributed by atoms with Gasteiger partial charge >= 0.3 is 5.97 Å². The lowest BCUT2D eigenvalue weighted by atomic mass is 9.84. The van der Waals surface area contributed by atoms with E-state index in [0.717, 1.165) is 174 Å². The van der Waals surface area contributed by atoms with E-state index >= 15 is 0 Å². The topological polar surface area (TPSA) is 149 Å². The molecular weight excluding hydrogens is 991 g/mol. The number of hydrogen-bond acceptors (Lipinski definition) is 15. The van der Waals surface area contributed by atoms with Gasteiger partial charge in [-0.3, -0.25) is 0 Å². The summed E-state index contributed by atoms with van der Waals surface area (Å²) in [7, 11) is 0. The third kappa shape index (κ3) is 16.6. The Bertz CT molecular complexity index is 2960. The SMILES string of the molecule is C=CC(=O)Oc1ccc(OCCCCCN(CCCCCCOc2ccc(OCCCCCCOCC3(CC)COC3)cc2)c2ccc(/N=N/c3ccc(OCC)cc3)cc2)c2nc(-c3nc4c(C)cc(C)cc4o3)sc12. The lowest BCUT2D eigenvalue weighted by Crippen LogP contribution is -2.45. The highest BCUT2D eigenvalue weighted by Crippen LogP contribution is 2.41. The molecule has 0 spiro atoms. The van der Waals surface area contributed by atoms with Crippen LogP contribution in [-0.2, 0) is 14.3 Å². The minimum atomic E-state index is -0.553. The van der Waals surface area contributed by atoms with Crippen LogP contribution >= 0.6 is 11.3 Å². The fraction of sp³-hybridized carbons (Fsp3) is 0.435. The maximum atomic E-state index is 12.3. The second-order valence-corrected chi connectivity index (χ2v) is 20.8. The summed E-state index contributed by atoms with van der Waals surface area (Å²) in [6, 6.07) is 31.5. The molecule has 15 heteroatoms. The number of ether oxygens (including phenoxy) is 7. The number of esters is 1. The Labute approximate surface area is 457 Å². The van der Waals surface area contributed by atoms with E-state index in [1.165, 1.54) is 11.3 Å². The number of carbonyl (C=O) groups is 1. The number of unbranched alkanes of at least 4 members (excludes halogenated alkanes) is 8. The highest BCUT2D eigenvalue weighted by atomic mass is 32.1. The van der Waals surface area contributed by atoms with E-state index in [9.17, 15) is 4.79 Å². The van der Waals surface area contributed by atoms with Crippen molar-refractivity contribution in [2.45, 2.75) is 105 Å². The third-order valence-corrected chi connectivity index (χ3v) is 14.7. The molecule has 7 aromatic rings. The fourth-order valence-electron chi connectivity index (χ4n) is 9.11. The maximum Gasteiger partial charge on any atom is 0.335 e. The molecular formula is C62H75N5O9S. The largest absolute Gasteiger partial charge is 0.494 e. The normalized spacial score (nSPS) is 13.0. The summed E-state index contributed by atoms with van der Waals surface area (Å²) in [5.74, 6) is 3.39. The Morgan fingerprint density at radius 2 is 1.25 bits per heavy atom. The quantitative estimate of drug-likeness (QED) is 0.0124. The Morgan fingerprint density at radius 3 is 1.86 bits per heavy atom. The van der Waals surface area contributed by atoms with Crippen molar-refractivity contribution in [1.29, 1.82) is 0 Å². The monoisotopic (exact) mass is 1070 g/mol. The highest BCUT2D eigenvalue weighted by molar-refractivity contribution is 7.22. The molecule has 0 bridgehead atoms. The van der Waals surface area contributed by atoms with Crippen LogP contribution in [0.5, 0.6) is 28.7 Å². The standard InChI is InChI=1S/C62H75N5O9S/c1-6-56(68)75-54-33-32-53(58-59(54)77-61(64-58)60-63-57-46(5)40-45(4)41-55(57)76-60)74-39-19-13-15-35-67(49-24-20-47(21-25-49)65-66-48-22-26-50(27-23-48)71-8-3)34-14-9-10-17-37-72-51-28-30-52(31-29-51)73-38-18-12-11-16-36-69-42-62(7-2)43-70-44-62/h6,20-33,40-41H,1,7-19,34-39,42-44H2,2-5H3/b66-65+. The lowest BCUT2D eigenvalue weighted by molar-refractivity contribution is -0.150. The number of thiazole rings is 1. The van der Waals surface area contributed by atoms with Gasteiger partial charge in [-0.25, -0.2) is 14.8 Å². The Balaban J connectivity index is 0.785. The summed E-state index contributed by atoms with van der Waals surface area (Å²) >= 11 is 1.35. The van der Waals surface area contributed by atoms with E-state index in [0.29, 0.717) is 64.6 Å². The first-order valence-corrected chi connectivity index (χ1v) is 28.3. The third-order valence-electron chi connectivity index (χ3n) is 13.7. The average molecular weight is 1070 g/mol. The van der Waals surface area contributed by atoms with Crippen LogP contribution in [0.1, 0.15) is 102 Å². The van der Waals surface area contributed by atoms with E-state index in [4.69, 9.17) is 47.5 Å². The molecule has 0 unspecified atom stereocenters. The number of hydrogen-bond donors (Lipinski definition) is 0. The van der Waals surface area contributed by atoms with Crippen LogP contribution in [0.15, 0.2) is 124 Å². The Morgan fingerprint density at radius 1 is 0.675 bits per heavy atom. The summed E-state index contributed by atoms with van der Waals surface area (Å²) in [6.07, 6.45) is 13.7. The predicted octanol–water partition coefficient (Wildman–Crippen LogP) is 15.7. The van der Waals surface area contributed by atoms with Crippen molar-refractivity contribution in [3.63, 3.8) is 0 Å². The van der Waals surface area contributed by atoms with E-state index in [2.05, 4.69) is 46.8 Å². The van der Waals surface area contributed by atoms with E-state index in [1.54, 1.807) is 12.1 Å². The Kier molecular flexibility index (Phi) is 21.3. The molecule has 1 fully saturated rings. The zero-order valence-electron chi connectivity index (χ0n) is 45.4. The smallest absolute Gasteiger partial charge is 0.335 e. The molecule has 1 aliphatic rings. The molecule has 8 rings (SSSR count). The molecule has 0 amide bonds. The molecule has 3 heterocycles. The number of rotatable bonds is 34. The van der Waals surface area contributed by atoms with Crippen LogP contribution in [0.2, 0.25) is 0 Å². The summed E-state index contributed by atoms with van der Waals surface area (Å²) in [5.41, 5.74) is 7.17. The van der Waals surface area contributed by atoms with Crippen LogP contribution in [0, 0.1) is 19.3 Å². The van der Waals surface area contributed by atoms with Gasteiger partial charge < -0.3 is 42.5 Å². The van der Waals surface area contributed by atoms with Gasteiger partial charge in [0.15, 0.2) is 16.3 Å². The van der Waals surface area contributed by atoms with Gasteiger partial charge in [-0.1, -0.05) is 38.8 Å². The molecule has 0 atom stereocenters. The van der Waals surface area contributed by atoms with Gasteiger partial charge in [0.05, 0.1) is 57.6 Å². The van der Waals surface area contributed by atoms with E-state index in [1.807, 2.05) is 87.5 Å². The predicted molar refractivity (Wildman–Crippen MR) is 306 cm³/mol. The first kappa shape index (κ1) is 56.4. The van der Waals surface area contributed by atoms with Gasteiger partial charge in [-0.2, -0.15) is 10.2 Å². The number of nitrogens with zero attached hydrogens (tertiary/aromatic N) is 5. The van der Waals surface area contributed by atoms with Crippen molar-refractivity contribution in [2.75, 3.05) is 70.8 Å². The van der Waals surface area contributed by atoms with Gasteiger partial charge in [0, 0.05) is 36.9 Å². The van der Waals surface area contributed by atoms with E-state index < -0.39 is 5.97 Å². The fourth-order valence-corrected chi connectivity index (χ4v) is 10.1. The van der Waals surface area contributed by atoms with Crippen LogP contribution in [-0.4, -0.2) is 81.9 Å². The van der Waals surface area contributed by atoms with Crippen LogP contribution < -0.4 is 28.6 Å². The molecule has 77 heavy (non-hydrogen) atoms. The summed E-state index contributed by atoms with van der Waals surface area (Å²) in [6.45, 7) is 19.4. The van der Waals surface area contributed by atoms with Gasteiger partial charge in [-0.15, -0.1) is 11.3 Å². The number of aryl methyl sites for hydroxylation is 2. The summed E-state index contributed by atoms with van der Waals surface area (Å²) < 4.78 is 47.9. The molecule has 14 nitrogen and oxygen atoms in total. The number of benzene rings is 5. The molecule has 408 valence electrons. The molecule has 0 aliphatic carbocycles. The number of azo groups is 1. The molecule has 2 aromatic heterocycles. The van der Waals surface area contributed by atoms with E-state index in [-0.39, 0.29) is 5.41 Å². The molecule has 0 saturated carbocycles. The highest BCUT2D eigenvalue weighted by Gasteiger charge is 2.36. The Hall–Kier alpha value is -6.81. The minimum Gasteiger partial charge on any atom is -0.494 e. The van der Waals surface area contributed by atoms with Crippen LogP contribution in [0.4, 0.5) is 17.1 Å². The van der Waals surface area contributed by atoms with Crippen LogP contribution in [0.3, 0.4) is 0 Å². The molecule has 0 radical (unpaired) electrons. The van der Waals surface area contributed by atoms with Gasteiger partial charge in [0.1, 0.15) is 38.7 Å². The van der Waals surface area contributed by atoms with Crippen molar-refractivity contribution in [1.82, 2.24) is 9.97 Å². The van der Waals surface area contributed by atoms with Gasteiger partial charge in [0.25, 0.3) is 5.89 Å². The molecule has 1 saturated heterocycles. The zero-order valence-corrected chi connectivity index (χ0v) is 46.2. The second kappa shape index (κ2) is 29.1. The molecule has 0 N–H and O–H groups in total. The van der Waals surface area contributed by atoms with Crippen molar-refractivity contribution in [3.8, 4) is 39.6 Å². The number of oxazole rings is 1. The van der Waals surface area contributed by atoms with Crippen molar-refractivity contribution in [2.24, 2.45) is 15.6 Å². The first-order valence-electron chi connectivity index (χ1n) is 27.5. The second-order valence-electron chi connectivity index (χ2n) is 19.8. The van der Waals surface area contributed by atoms with Gasteiger partial charge in [0.2, 0.25) is 0 Å².